The van der Waals surface area contributed by atoms with Gasteiger partial charge in [0.25, 0.3) is 0 Å². The molecule has 0 aliphatic carbocycles. The van der Waals surface area contributed by atoms with E-state index in [0.29, 0.717) is 23.5 Å². The van der Waals surface area contributed by atoms with Gasteiger partial charge < -0.3 is 14.8 Å². The largest absolute Gasteiger partial charge is 0.489 e. The molecule has 0 spiro atoms. The second-order valence-electron chi connectivity index (χ2n) is 5.40. The maximum absolute atomic E-state index is 13.5. The Morgan fingerprint density at radius 2 is 1.85 bits per heavy atom. The first-order valence-corrected chi connectivity index (χ1v) is 8.16. The van der Waals surface area contributed by atoms with Crippen molar-refractivity contribution < 1.29 is 23.5 Å². The highest BCUT2D eigenvalue weighted by Gasteiger charge is 2.11. The summed E-state index contributed by atoms with van der Waals surface area (Å²) >= 11 is 0. The molecule has 0 saturated heterocycles. The molecule has 0 aliphatic heterocycles. The molecular formula is C19H20FN3O4. The van der Waals surface area contributed by atoms with Crippen LogP contribution in [0.5, 0.6) is 5.75 Å². The lowest BCUT2D eigenvalue weighted by Crippen LogP contribution is -2.39. The fraction of sp³-hybridized carbons (Fsp3) is 0.211. The predicted molar refractivity (Wildman–Crippen MR) is 97.8 cm³/mol. The fourth-order valence-corrected chi connectivity index (χ4v) is 1.99. The molecule has 7 nitrogen and oxygen atoms in total. The van der Waals surface area contributed by atoms with Crippen LogP contribution in [0, 0.1) is 5.82 Å². The van der Waals surface area contributed by atoms with E-state index in [1.165, 1.54) is 19.4 Å². The van der Waals surface area contributed by atoms with Gasteiger partial charge in [-0.05, 0) is 35.9 Å². The molecule has 0 aliphatic rings. The van der Waals surface area contributed by atoms with Crippen LogP contribution in [0.15, 0.2) is 53.6 Å². The van der Waals surface area contributed by atoms with Gasteiger partial charge in [-0.2, -0.15) is 5.10 Å². The monoisotopic (exact) mass is 373 g/mol. The average molecular weight is 373 g/mol. The zero-order valence-corrected chi connectivity index (χ0v) is 14.8. The molecule has 0 bridgehead atoms. The fourth-order valence-electron chi connectivity index (χ4n) is 1.99. The third-order valence-corrected chi connectivity index (χ3v) is 3.41. The molecule has 27 heavy (non-hydrogen) atoms. The summed E-state index contributed by atoms with van der Waals surface area (Å²) in [5.74, 6) is -1.41. The summed E-state index contributed by atoms with van der Waals surface area (Å²) in [4.78, 5) is 22.9. The Kier molecular flexibility index (Phi) is 7.92. The van der Waals surface area contributed by atoms with Gasteiger partial charge in [-0.3, -0.25) is 9.59 Å². The van der Waals surface area contributed by atoms with Crippen molar-refractivity contribution in [2.45, 2.75) is 6.61 Å². The van der Waals surface area contributed by atoms with Crippen LogP contribution in [0.1, 0.15) is 11.1 Å². The Bertz CT molecular complexity index is 794. The Morgan fingerprint density at radius 1 is 1.11 bits per heavy atom. The first-order chi connectivity index (χ1) is 13.1. The van der Waals surface area contributed by atoms with E-state index in [-0.39, 0.29) is 19.0 Å². The van der Waals surface area contributed by atoms with Gasteiger partial charge >= 0.3 is 11.8 Å². The molecule has 0 fully saturated rings. The van der Waals surface area contributed by atoms with E-state index in [1.807, 2.05) is 0 Å². The van der Waals surface area contributed by atoms with Crippen molar-refractivity contribution in [2.75, 3.05) is 20.3 Å². The number of methoxy groups -OCH3 is 1. The maximum Gasteiger partial charge on any atom is 0.329 e. The minimum absolute atomic E-state index is 0.119. The van der Waals surface area contributed by atoms with Crippen molar-refractivity contribution in [1.29, 1.82) is 0 Å². The molecule has 142 valence electrons. The summed E-state index contributed by atoms with van der Waals surface area (Å²) in [5, 5.41) is 6.10. The lowest BCUT2D eigenvalue weighted by molar-refractivity contribution is -0.139. The quantitative estimate of drug-likeness (QED) is 0.318. The van der Waals surface area contributed by atoms with Crippen LogP contribution in [-0.4, -0.2) is 38.3 Å². The van der Waals surface area contributed by atoms with Gasteiger partial charge in [-0.15, -0.1) is 0 Å². The van der Waals surface area contributed by atoms with Crippen molar-refractivity contribution in [3.8, 4) is 5.75 Å². The number of nitrogens with one attached hydrogen (secondary N) is 2. The summed E-state index contributed by atoms with van der Waals surface area (Å²) in [7, 11) is 1.49. The lowest BCUT2D eigenvalue weighted by atomic mass is 10.2. The first kappa shape index (κ1) is 20.1. The number of amides is 2. The van der Waals surface area contributed by atoms with Crippen molar-refractivity contribution in [2.24, 2.45) is 5.10 Å². The highest BCUT2D eigenvalue weighted by molar-refractivity contribution is 6.35. The molecule has 0 aromatic heterocycles. The lowest BCUT2D eigenvalue weighted by Gasteiger charge is -2.07. The number of benzene rings is 2. The number of carbonyl (C=O) groups excluding carboxylic acids is 2. The second-order valence-corrected chi connectivity index (χ2v) is 5.40. The molecule has 0 saturated carbocycles. The van der Waals surface area contributed by atoms with Gasteiger partial charge in [0.05, 0.1) is 12.8 Å². The minimum Gasteiger partial charge on any atom is -0.489 e. The third-order valence-electron chi connectivity index (χ3n) is 3.41. The van der Waals surface area contributed by atoms with Gasteiger partial charge in [-0.1, -0.05) is 18.2 Å². The van der Waals surface area contributed by atoms with Gasteiger partial charge in [0.2, 0.25) is 0 Å². The van der Waals surface area contributed by atoms with E-state index < -0.39 is 11.8 Å². The van der Waals surface area contributed by atoms with Crippen molar-refractivity contribution >= 4 is 18.0 Å². The zero-order chi connectivity index (χ0) is 19.5. The number of halogens is 1. The minimum atomic E-state index is -0.868. The normalized spacial score (nSPS) is 10.6. The van der Waals surface area contributed by atoms with Gasteiger partial charge in [0.1, 0.15) is 18.2 Å². The number of ether oxygens (including phenoxy) is 2. The molecule has 8 heteroatoms. The highest BCUT2D eigenvalue weighted by Crippen LogP contribution is 2.15. The van der Waals surface area contributed by atoms with Gasteiger partial charge in [0, 0.05) is 19.2 Å². The number of hydrazone groups is 1. The molecule has 0 radical (unpaired) electrons. The average Bonchev–Trinajstić information content (AvgIpc) is 2.68. The van der Waals surface area contributed by atoms with Gasteiger partial charge in [-0.25, -0.2) is 9.82 Å². The molecule has 2 N–H and O–H groups in total. The smallest absolute Gasteiger partial charge is 0.329 e. The summed E-state index contributed by atoms with van der Waals surface area (Å²) in [6.07, 6.45) is 1.39. The Labute approximate surface area is 156 Å². The maximum atomic E-state index is 13.5. The Morgan fingerprint density at radius 3 is 2.56 bits per heavy atom. The topological polar surface area (TPSA) is 89.0 Å². The number of hydrogen-bond donors (Lipinski definition) is 2. The number of hydrogen-bond acceptors (Lipinski definition) is 5. The molecule has 0 atom stereocenters. The SMILES string of the molecule is COCCNC(=O)C(=O)N/N=C\c1ccc(OCc2ccccc2F)cc1. The van der Waals surface area contributed by atoms with Crippen LogP contribution in [0.2, 0.25) is 0 Å². The molecule has 2 aromatic carbocycles. The van der Waals surface area contributed by atoms with Crippen LogP contribution in [0.3, 0.4) is 0 Å². The molecule has 2 amide bonds. The summed E-state index contributed by atoms with van der Waals surface area (Å²) in [6.45, 7) is 0.669. The summed E-state index contributed by atoms with van der Waals surface area (Å²) < 4.78 is 23.8. The molecule has 0 heterocycles. The molecule has 2 aromatic rings. The third kappa shape index (κ3) is 6.87. The van der Waals surface area contributed by atoms with Crippen molar-refractivity contribution in [3.63, 3.8) is 0 Å². The molecular weight excluding hydrogens is 353 g/mol. The number of nitrogens with zero attached hydrogens (tertiary/aromatic N) is 1. The standard InChI is InChI=1S/C19H20FN3O4/c1-26-11-10-21-18(24)19(25)23-22-12-14-6-8-16(9-7-14)27-13-15-4-2-3-5-17(15)20/h2-9,12H,10-11,13H2,1H3,(H,21,24)(H,23,25)/b22-12-. The second kappa shape index (κ2) is 10.7. The van der Waals surface area contributed by atoms with E-state index in [1.54, 1.807) is 42.5 Å². The highest BCUT2D eigenvalue weighted by atomic mass is 19.1. The summed E-state index contributed by atoms with van der Waals surface area (Å²) in [5.41, 5.74) is 3.29. The van der Waals surface area contributed by atoms with Crippen molar-refractivity contribution in [1.82, 2.24) is 10.7 Å². The summed E-state index contributed by atoms with van der Waals surface area (Å²) in [6, 6.07) is 13.2. The molecule has 0 unspecified atom stereocenters. The van der Waals surface area contributed by atoms with E-state index in [0.717, 1.165) is 0 Å². The first-order valence-electron chi connectivity index (χ1n) is 8.16. The predicted octanol–water partition coefficient (Wildman–Crippen LogP) is 1.62. The van der Waals surface area contributed by atoms with Crippen LogP contribution in [-0.2, 0) is 20.9 Å². The molecule has 2 rings (SSSR count). The number of carbonyl (C=O) groups is 2. The van der Waals surface area contributed by atoms with Gasteiger partial charge in [0.15, 0.2) is 0 Å². The number of rotatable bonds is 8. The Balaban J connectivity index is 1.79. The van der Waals surface area contributed by atoms with E-state index >= 15 is 0 Å². The van der Waals surface area contributed by atoms with Crippen LogP contribution in [0.25, 0.3) is 0 Å². The Hall–Kier alpha value is -3.26. The van der Waals surface area contributed by atoms with E-state index in [4.69, 9.17) is 9.47 Å². The van der Waals surface area contributed by atoms with Crippen LogP contribution < -0.4 is 15.5 Å². The van der Waals surface area contributed by atoms with E-state index in [2.05, 4.69) is 15.8 Å². The van der Waals surface area contributed by atoms with E-state index in [9.17, 15) is 14.0 Å². The van der Waals surface area contributed by atoms with Crippen molar-refractivity contribution in [3.05, 3.63) is 65.5 Å². The van der Waals surface area contributed by atoms with Crippen LogP contribution in [0.4, 0.5) is 4.39 Å². The van der Waals surface area contributed by atoms with Crippen LogP contribution >= 0.6 is 0 Å². The zero-order valence-electron chi connectivity index (χ0n) is 14.8.